The fraction of sp³-hybridized carbons (Fsp3) is 0.375. The number of phenolic OH excluding ortho intramolecular Hbond substituents is 1. The van der Waals surface area contributed by atoms with Gasteiger partial charge in [0.2, 0.25) is 0 Å². The summed E-state index contributed by atoms with van der Waals surface area (Å²) in [6.07, 6.45) is 1.24. The lowest BCUT2D eigenvalue weighted by Gasteiger charge is -2.34. The average Bonchev–Trinajstić information content (AvgIpc) is 2.78. The van der Waals surface area contributed by atoms with E-state index in [2.05, 4.69) is 50.5 Å². The topological polar surface area (TPSA) is 70.6 Å². The van der Waals surface area contributed by atoms with E-state index in [9.17, 15) is 9.90 Å². The molecular weight excluding hydrogens is 364 g/mol. The van der Waals surface area contributed by atoms with Crippen LogP contribution >= 0.6 is 0 Å². The third kappa shape index (κ3) is 3.46. The number of ketones is 1. The van der Waals surface area contributed by atoms with Crippen LogP contribution in [-0.2, 0) is 4.79 Å². The van der Waals surface area contributed by atoms with Gasteiger partial charge < -0.3 is 20.5 Å². The number of anilines is 2. The van der Waals surface area contributed by atoms with E-state index < -0.39 is 6.04 Å². The van der Waals surface area contributed by atoms with Gasteiger partial charge in [-0.3, -0.25) is 4.79 Å². The molecule has 2 aromatic rings. The number of carbonyl (C=O) groups is 1. The van der Waals surface area contributed by atoms with Gasteiger partial charge in [-0.1, -0.05) is 13.8 Å². The molecule has 0 spiro atoms. The maximum Gasteiger partial charge on any atom is 0.163 e. The van der Waals surface area contributed by atoms with Gasteiger partial charge in [0, 0.05) is 23.3 Å². The molecule has 1 aliphatic carbocycles. The summed E-state index contributed by atoms with van der Waals surface area (Å²) in [5.74, 6) is 0.882. The van der Waals surface area contributed by atoms with Crippen molar-refractivity contribution in [2.45, 2.75) is 46.6 Å². The van der Waals surface area contributed by atoms with Crippen LogP contribution in [0.15, 0.2) is 41.6 Å². The second kappa shape index (κ2) is 6.83. The monoisotopic (exact) mass is 392 g/mol. The molecule has 152 valence electrons. The van der Waals surface area contributed by atoms with Gasteiger partial charge in [-0.15, -0.1) is 0 Å². The first-order chi connectivity index (χ1) is 13.7. The first-order valence-electron chi connectivity index (χ1n) is 9.96. The van der Waals surface area contributed by atoms with Crippen molar-refractivity contribution in [3.8, 4) is 11.5 Å². The number of hydrogen-bond donors (Lipinski definition) is 3. The summed E-state index contributed by atoms with van der Waals surface area (Å²) >= 11 is 0. The van der Waals surface area contributed by atoms with Gasteiger partial charge in [0.25, 0.3) is 0 Å². The minimum Gasteiger partial charge on any atom is -0.508 e. The number of allylic oxidation sites excluding steroid dienone is 1. The SMILES string of the molecule is COc1ccc(O)c([C@@H]2Nc3cc(C)c(C)cc3NC3=C2C(=O)CC(C)(C)C3)c1. The van der Waals surface area contributed by atoms with Crippen molar-refractivity contribution >= 4 is 17.2 Å². The Balaban J connectivity index is 1.94. The maximum absolute atomic E-state index is 13.3. The van der Waals surface area contributed by atoms with Crippen molar-refractivity contribution in [3.63, 3.8) is 0 Å². The number of rotatable bonds is 2. The summed E-state index contributed by atoms with van der Waals surface area (Å²) in [4.78, 5) is 13.3. The largest absolute Gasteiger partial charge is 0.508 e. The zero-order valence-corrected chi connectivity index (χ0v) is 17.6. The number of aromatic hydroxyl groups is 1. The number of nitrogens with one attached hydrogen (secondary N) is 2. The highest BCUT2D eigenvalue weighted by atomic mass is 16.5. The van der Waals surface area contributed by atoms with Gasteiger partial charge >= 0.3 is 0 Å². The van der Waals surface area contributed by atoms with Crippen LogP contribution in [0.1, 0.15) is 49.4 Å². The van der Waals surface area contributed by atoms with Crippen LogP contribution < -0.4 is 15.4 Å². The molecule has 1 heterocycles. The second-order valence-electron chi connectivity index (χ2n) is 8.94. The molecule has 2 aliphatic rings. The first kappa shape index (κ1) is 19.4. The average molecular weight is 392 g/mol. The molecule has 0 radical (unpaired) electrons. The van der Waals surface area contributed by atoms with Crippen LogP contribution in [0.3, 0.4) is 0 Å². The van der Waals surface area contributed by atoms with Crippen molar-refractivity contribution in [1.82, 2.24) is 0 Å². The molecular formula is C24H28N2O3. The predicted molar refractivity (Wildman–Crippen MR) is 116 cm³/mol. The second-order valence-corrected chi connectivity index (χ2v) is 8.94. The number of benzene rings is 2. The Morgan fingerprint density at radius 3 is 2.45 bits per heavy atom. The summed E-state index contributed by atoms with van der Waals surface area (Å²) in [6.45, 7) is 8.39. The maximum atomic E-state index is 13.3. The molecule has 2 aromatic carbocycles. The van der Waals surface area contributed by atoms with Crippen molar-refractivity contribution in [3.05, 3.63) is 58.3 Å². The van der Waals surface area contributed by atoms with E-state index in [0.717, 1.165) is 29.1 Å². The Bertz CT molecular complexity index is 1040. The number of Topliss-reactive ketones (excluding diaryl/α,β-unsaturated/α-hetero) is 1. The first-order valence-corrected chi connectivity index (χ1v) is 9.96. The van der Waals surface area contributed by atoms with Gasteiger partial charge in [-0.2, -0.15) is 0 Å². The van der Waals surface area contributed by atoms with Crippen LogP contribution in [0.5, 0.6) is 11.5 Å². The minimum atomic E-state index is -0.459. The summed E-state index contributed by atoms with van der Waals surface area (Å²) in [7, 11) is 1.60. The molecule has 0 unspecified atom stereocenters. The highest BCUT2D eigenvalue weighted by Gasteiger charge is 2.39. The quantitative estimate of drug-likeness (QED) is 0.652. The van der Waals surface area contributed by atoms with Gasteiger partial charge in [0.15, 0.2) is 5.78 Å². The number of carbonyl (C=O) groups excluding carboxylic acids is 1. The fourth-order valence-electron chi connectivity index (χ4n) is 4.33. The number of methoxy groups -OCH3 is 1. The van der Waals surface area contributed by atoms with Crippen LogP contribution in [-0.4, -0.2) is 18.0 Å². The van der Waals surface area contributed by atoms with E-state index >= 15 is 0 Å². The molecule has 3 N–H and O–H groups in total. The highest BCUT2D eigenvalue weighted by molar-refractivity contribution is 6.01. The molecule has 29 heavy (non-hydrogen) atoms. The van der Waals surface area contributed by atoms with Crippen molar-refractivity contribution in [1.29, 1.82) is 0 Å². The summed E-state index contributed by atoms with van der Waals surface area (Å²) in [5, 5.41) is 17.7. The molecule has 0 amide bonds. The molecule has 1 aliphatic heterocycles. The highest BCUT2D eigenvalue weighted by Crippen LogP contribution is 2.47. The minimum absolute atomic E-state index is 0.102. The van der Waals surface area contributed by atoms with E-state index in [1.165, 1.54) is 5.56 Å². The molecule has 5 heteroatoms. The van der Waals surface area contributed by atoms with Crippen LogP contribution in [0.2, 0.25) is 0 Å². The normalized spacial score (nSPS) is 20.2. The lowest BCUT2D eigenvalue weighted by Crippen LogP contribution is -2.31. The molecule has 5 nitrogen and oxygen atoms in total. The van der Waals surface area contributed by atoms with Crippen molar-refractivity contribution in [2.24, 2.45) is 5.41 Å². The molecule has 0 saturated heterocycles. The van der Waals surface area contributed by atoms with Crippen molar-refractivity contribution in [2.75, 3.05) is 17.7 Å². The third-order valence-corrected chi connectivity index (χ3v) is 5.97. The molecule has 4 rings (SSSR count). The smallest absolute Gasteiger partial charge is 0.163 e. The van der Waals surface area contributed by atoms with Gasteiger partial charge in [0.05, 0.1) is 24.5 Å². The number of ether oxygens (including phenoxy) is 1. The predicted octanol–water partition coefficient (Wildman–Crippen LogP) is 5.24. The Hall–Kier alpha value is -2.95. The fourth-order valence-corrected chi connectivity index (χ4v) is 4.33. The van der Waals surface area contributed by atoms with Gasteiger partial charge in [-0.25, -0.2) is 0 Å². The van der Waals surface area contributed by atoms with Gasteiger partial charge in [0.1, 0.15) is 11.5 Å². The van der Waals surface area contributed by atoms with E-state index in [-0.39, 0.29) is 16.9 Å². The van der Waals surface area contributed by atoms with E-state index in [1.54, 1.807) is 25.3 Å². The number of aryl methyl sites for hydroxylation is 2. The molecule has 0 aromatic heterocycles. The molecule has 0 saturated carbocycles. The number of hydrogen-bond acceptors (Lipinski definition) is 5. The zero-order valence-electron chi connectivity index (χ0n) is 17.6. The molecule has 0 bridgehead atoms. The Morgan fingerprint density at radius 2 is 1.76 bits per heavy atom. The standard InChI is InChI=1S/C24H28N2O3/c1-13-8-17-18(9-14(13)2)26-23(16-10-15(29-5)6-7-20(16)27)22-19(25-17)11-24(3,4)12-21(22)28/h6-10,23,25-27H,11-12H2,1-5H3/t23-/m0/s1. The lowest BCUT2D eigenvalue weighted by molar-refractivity contribution is -0.118. The van der Waals surface area contributed by atoms with Crippen LogP contribution in [0.25, 0.3) is 0 Å². The lowest BCUT2D eigenvalue weighted by atomic mass is 9.73. The molecule has 0 fully saturated rings. The van der Waals surface area contributed by atoms with Crippen LogP contribution in [0.4, 0.5) is 11.4 Å². The van der Waals surface area contributed by atoms with E-state index in [1.807, 2.05) is 0 Å². The Morgan fingerprint density at radius 1 is 1.07 bits per heavy atom. The summed E-state index contributed by atoms with van der Waals surface area (Å²) in [6, 6.07) is 8.89. The zero-order chi connectivity index (χ0) is 20.9. The van der Waals surface area contributed by atoms with E-state index in [4.69, 9.17) is 4.74 Å². The van der Waals surface area contributed by atoms with Gasteiger partial charge in [-0.05, 0) is 67.1 Å². The number of fused-ring (bicyclic) bond motifs is 1. The third-order valence-electron chi connectivity index (χ3n) is 5.97. The van der Waals surface area contributed by atoms with E-state index in [0.29, 0.717) is 23.3 Å². The Labute approximate surface area is 171 Å². The van der Waals surface area contributed by atoms with Crippen molar-refractivity contribution < 1.29 is 14.6 Å². The molecule has 1 atom stereocenters. The summed E-state index contributed by atoms with van der Waals surface area (Å²) < 4.78 is 5.38. The van der Waals surface area contributed by atoms with Crippen LogP contribution in [0, 0.1) is 19.3 Å². The number of phenols is 1. The Kier molecular flexibility index (Phi) is 4.56. The summed E-state index contributed by atoms with van der Waals surface area (Å²) in [5.41, 5.74) is 6.36.